The minimum atomic E-state index is -4.38. The van der Waals surface area contributed by atoms with Crippen molar-refractivity contribution in [1.82, 2.24) is 15.1 Å². The zero-order valence-corrected chi connectivity index (χ0v) is 11.4. The van der Waals surface area contributed by atoms with Crippen LogP contribution in [0.2, 0.25) is 0 Å². The average molecular weight is 286 g/mol. The van der Waals surface area contributed by atoms with E-state index in [4.69, 9.17) is 0 Å². The van der Waals surface area contributed by atoms with E-state index in [0.29, 0.717) is 19.3 Å². The summed E-state index contributed by atoms with van der Waals surface area (Å²) in [6, 6.07) is 2.25. The molecule has 1 aromatic rings. The van der Waals surface area contributed by atoms with E-state index in [1.54, 1.807) is 0 Å². The molecule has 1 heterocycles. The number of hydrogen-bond acceptors (Lipinski definition) is 3. The maximum absolute atomic E-state index is 12.6. The van der Waals surface area contributed by atoms with Gasteiger partial charge in [0, 0.05) is 18.7 Å². The first-order chi connectivity index (χ1) is 9.26. The quantitative estimate of drug-likeness (QED) is 0.929. The van der Waals surface area contributed by atoms with Gasteiger partial charge in [0.25, 0.3) is 0 Å². The summed E-state index contributed by atoms with van der Waals surface area (Å²) in [5.41, 5.74) is -1.41. The number of alkyl halides is 3. The maximum atomic E-state index is 12.6. The molecule has 0 bridgehead atoms. The molecule has 0 spiro atoms. The van der Waals surface area contributed by atoms with Gasteiger partial charge in [-0.2, -0.15) is 23.5 Å². The number of rotatable bonds is 3. The third-order valence-electron chi connectivity index (χ3n) is 3.57. The fraction of sp³-hybridized carbons (Fsp3) is 0.692. The van der Waals surface area contributed by atoms with Crippen LogP contribution >= 0.6 is 0 Å². The molecule has 1 aromatic heterocycles. The van der Waals surface area contributed by atoms with Crippen molar-refractivity contribution in [3.05, 3.63) is 18.0 Å². The summed E-state index contributed by atoms with van der Waals surface area (Å²) in [6.45, 7) is 3.89. The smallest absolute Gasteiger partial charge is 0.297 e. The van der Waals surface area contributed by atoms with Crippen LogP contribution in [0.4, 0.5) is 13.2 Å². The zero-order chi connectivity index (χ0) is 15.0. The van der Waals surface area contributed by atoms with E-state index in [1.807, 2.05) is 13.8 Å². The Kier molecular flexibility index (Phi) is 3.78. The molecule has 1 N–H and O–H groups in total. The van der Waals surface area contributed by atoms with Gasteiger partial charge in [0.1, 0.15) is 5.54 Å². The summed E-state index contributed by atoms with van der Waals surface area (Å²) in [6.07, 6.45) is -0.782. The highest BCUT2D eigenvalue weighted by Gasteiger charge is 2.41. The van der Waals surface area contributed by atoms with E-state index in [-0.39, 0.29) is 12.1 Å². The second-order valence-corrected chi connectivity index (χ2v) is 5.60. The van der Waals surface area contributed by atoms with Crippen LogP contribution in [0.1, 0.15) is 44.7 Å². The van der Waals surface area contributed by atoms with Gasteiger partial charge < -0.3 is 0 Å². The van der Waals surface area contributed by atoms with Crippen molar-refractivity contribution in [3.63, 3.8) is 0 Å². The Hall–Kier alpha value is -1.55. The second kappa shape index (κ2) is 5.09. The molecule has 1 saturated carbocycles. The fourth-order valence-corrected chi connectivity index (χ4v) is 2.75. The number of hydrogen-bond donors (Lipinski definition) is 1. The number of nitrogens with zero attached hydrogens (tertiary/aromatic N) is 3. The van der Waals surface area contributed by atoms with Gasteiger partial charge in [0.05, 0.1) is 23.9 Å². The Labute approximate surface area is 115 Å². The summed E-state index contributed by atoms with van der Waals surface area (Å²) in [5, 5.41) is 16.4. The van der Waals surface area contributed by atoms with E-state index in [0.717, 1.165) is 12.4 Å². The topological polar surface area (TPSA) is 53.6 Å². The van der Waals surface area contributed by atoms with Crippen molar-refractivity contribution in [2.75, 3.05) is 0 Å². The SMILES string of the molecule is CC(C)NC1(C#N)CCC(n2cc(C(F)(F)F)cn2)C1. The molecule has 4 nitrogen and oxygen atoms in total. The summed E-state index contributed by atoms with van der Waals surface area (Å²) in [7, 11) is 0. The van der Waals surface area contributed by atoms with Crippen molar-refractivity contribution < 1.29 is 13.2 Å². The first kappa shape index (κ1) is 14.9. The molecule has 2 atom stereocenters. The van der Waals surface area contributed by atoms with Crippen molar-refractivity contribution in [1.29, 1.82) is 5.26 Å². The standard InChI is InChI=1S/C13H17F3N4/c1-9(2)19-12(8-17)4-3-11(5-12)20-7-10(6-18-20)13(14,15)16/h6-7,9,11,19H,3-5H2,1-2H3. The third-order valence-corrected chi connectivity index (χ3v) is 3.57. The summed E-state index contributed by atoms with van der Waals surface area (Å²) >= 11 is 0. The Bertz CT molecular complexity index is 514. The highest BCUT2D eigenvalue weighted by Crippen LogP contribution is 2.38. The van der Waals surface area contributed by atoms with Crippen LogP contribution in [-0.2, 0) is 6.18 Å². The Morgan fingerprint density at radius 1 is 1.55 bits per heavy atom. The monoisotopic (exact) mass is 286 g/mol. The molecular formula is C13H17F3N4. The molecule has 0 saturated heterocycles. The van der Waals surface area contributed by atoms with E-state index in [2.05, 4.69) is 16.5 Å². The van der Waals surface area contributed by atoms with Crippen LogP contribution in [0.25, 0.3) is 0 Å². The van der Waals surface area contributed by atoms with Crippen LogP contribution < -0.4 is 5.32 Å². The van der Waals surface area contributed by atoms with E-state index < -0.39 is 17.3 Å². The first-order valence-corrected chi connectivity index (χ1v) is 6.56. The third kappa shape index (κ3) is 2.96. The maximum Gasteiger partial charge on any atom is 0.419 e. The molecule has 0 aromatic carbocycles. The lowest BCUT2D eigenvalue weighted by atomic mass is 9.98. The summed E-state index contributed by atoms with van der Waals surface area (Å²) < 4.78 is 39.0. The van der Waals surface area contributed by atoms with Crippen LogP contribution in [-0.4, -0.2) is 21.4 Å². The van der Waals surface area contributed by atoms with Gasteiger partial charge in [0.15, 0.2) is 0 Å². The van der Waals surface area contributed by atoms with Gasteiger partial charge >= 0.3 is 6.18 Å². The number of nitriles is 1. The zero-order valence-electron chi connectivity index (χ0n) is 11.4. The largest absolute Gasteiger partial charge is 0.419 e. The Morgan fingerprint density at radius 2 is 2.25 bits per heavy atom. The molecule has 0 amide bonds. The van der Waals surface area contributed by atoms with Gasteiger partial charge in [-0.05, 0) is 26.7 Å². The van der Waals surface area contributed by atoms with Crippen molar-refractivity contribution >= 4 is 0 Å². The number of halogens is 3. The Morgan fingerprint density at radius 3 is 2.75 bits per heavy atom. The van der Waals surface area contributed by atoms with E-state index in [9.17, 15) is 18.4 Å². The van der Waals surface area contributed by atoms with Gasteiger partial charge in [-0.25, -0.2) is 0 Å². The lowest BCUT2D eigenvalue weighted by molar-refractivity contribution is -0.137. The van der Waals surface area contributed by atoms with Gasteiger partial charge in [-0.3, -0.25) is 10.00 Å². The highest BCUT2D eigenvalue weighted by atomic mass is 19.4. The fourth-order valence-electron chi connectivity index (χ4n) is 2.75. The summed E-state index contributed by atoms with van der Waals surface area (Å²) in [4.78, 5) is 0. The van der Waals surface area contributed by atoms with Gasteiger partial charge in [-0.15, -0.1) is 0 Å². The van der Waals surface area contributed by atoms with Crippen molar-refractivity contribution in [2.24, 2.45) is 0 Å². The van der Waals surface area contributed by atoms with Crippen LogP contribution in [0.5, 0.6) is 0 Å². The van der Waals surface area contributed by atoms with Gasteiger partial charge in [0.2, 0.25) is 0 Å². The average Bonchev–Trinajstić information content (AvgIpc) is 2.93. The molecule has 2 unspecified atom stereocenters. The van der Waals surface area contributed by atoms with Crippen molar-refractivity contribution in [2.45, 2.75) is 56.9 Å². The molecule has 0 radical (unpaired) electrons. The Balaban J connectivity index is 2.13. The molecule has 7 heteroatoms. The molecule has 2 rings (SSSR count). The van der Waals surface area contributed by atoms with Crippen molar-refractivity contribution in [3.8, 4) is 6.07 Å². The lowest BCUT2D eigenvalue weighted by Gasteiger charge is -2.25. The van der Waals surface area contributed by atoms with Gasteiger partial charge in [-0.1, -0.05) is 0 Å². The molecular weight excluding hydrogens is 269 g/mol. The lowest BCUT2D eigenvalue weighted by Crippen LogP contribution is -2.45. The molecule has 1 aliphatic carbocycles. The molecule has 1 fully saturated rings. The van der Waals surface area contributed by atoms with Crippen LogP contribution in [0.3, 0.4) is 0 Å². The molecule has 0 aliphatic heterocycles. The van der Waals surface area contributed by atoms with Crippen LogP contribution in [0, 0.1) is 11.3 Å². The molecule has 1 aliphatic rings. The van der Waals surface area contributed by atoms with E-state index >= 15 is 0 Å². The van der Waals surface area contributed by atoms with Crippen LogP contribution in [0.15, 0.2) is 12.4 Å². The number of aromatic nitrogens is 2. The normalized spacial score (nSPS) is 26.9. The number of nitrogens with one attached hydrogen (secondary N) is 1. The molecule has 110 valence electrons. The summed E-state index contributed by atoms with van der Waals surface area (Å²) in [5.74, 6) is 0. The minimum absolute atomic E-state index is 0.150. The highest BCUT2D eigenvalue weighted by molar-refractivity contribution is 5.15. The predicted molar refractivity (Wildman–Crippen MR) is 66.7 cm³/mol. The minimum Gasteiger partial charge on any atom is -0.297 e. The van der Waals surface area contributed by atoms with E-state index in [1.165, 1.54) is 4.68 Å². The second-order valence-electron chi connectivity index (χ2n) is 5.60. The first-order valence-electron chi connectivity index (χ1n) is 6.56. The predicted octanol–water partition coefficient (Wildman–Crippen LogP) is 2.89. The molecule has 20 heavy (non-hydrogen) atoms.